The Bertz CT molecular complexity index is 723. The zero-order chi connectivity index (χ0) is 16.1. The van der Waals surface area contributed by atoms with Crippen LogP contribution in [-0.4, -0.2) is 45.4 Å². The number of hydrogen-bond acceptors (Lipinski definition) is 4. The van der Waals surface area contributed by atoms with Crippen LogP contribution in [0.3, 0.4) is 0 Å². The molecule has 2 aromatic rings. The molecule has 22 heavy (non-hydrogen) atoms. The standard InChI is InChI=1S/C14H16N4O4/c1-9-2-3-18-8-10(17-11(18)4-9)5-12(19)15-6-13(20)16-7-14(21)22/h2-4,8H,5-7H2,1H3,(H,15,19)(H,16,20)(H,21,22). The molecule has 0 aromatic carbocycles. The van der Waals surface area contributed by atoms with Gasteiger partial charge in [-0.2, -0.15) is 0 Å². The monoisotopic (exact) mass is 304 g/mol. The molecule has 8 heteroatoms. The van der Waals surface area contributed by atoms with Gasteiger partial charge in [0.1, 0.15) is 12.2 Å². The number of amides is 2. The van der Waals surface area contributed by atoms with E-state index in [0.29, 0.717) is 5.69 Å². The van der Waals surface area contributed by atoms with E-state index in [1.807, 2.05) is 29.7 Å². The maximum atomic E-state index is 11.7. The highest BCUT2D eigenvalue weighted by Crippen LogP contribution is 2.08. The highest BCUT2D eigenvalue weighted by molar-refractivity contribution is 5.87. The summed E-state index contributed by atoms with van der Waals surface area (Å²) in [6.45, 7) is 1.22. The number of carboxylic acid groups (broad SMARTS) is 1. The fourth-order valence-corrected chi connectivity index (χ4v) is 1.86. The second-order valence-electron chi connectivity index (χ2n) is 4.83. The van der Waals surface area contributed by atoms with Crippen molar-refractivity contribution in [2.75, 3.05) is 13.1 Å². The minimum Gasteiger partial charge on any atom is -0.480 e. The third kappa shape index (κ3) is 4.30. The van der Waals surface area contributed by atoms with Crippen LogP contribution in [0.15, 0.2) is 24.5 Å². The Labute approximate surface area is 126 Å². The molecule has 0 bridgehead atoms. The Morgan fingerprint density at radius 2 is 1.95 bits per heavy atom. The molecule has 0 spiro atoms. The lowest BCUT2D eigenvalue weighted by Gasteiger charge is -2.04. The van der Waals surface area contributed by atoms with E-state index in [0.717, 1.165) is 11.2 Å². The van der Waals surface area contributed by atoms with Crippen LogP contribution in [-0.2, 0) is 20.8 Å². The molecular formula is C14H16N4O4. The number of nitrogens with zero attached hydrogens (tertiary/aromatic N) is 2. The van der Waals surface area contributed by atoms with Crippen LogP contribution in [0.2, 0.25) is 0 Å². The summed E-state index contributed by atoms with van der Waals surface area (Å²) < 4.78 is 1.81. The van der Waals surface area contributed by atoms with Crippen LogP contribution < -0.4 is 10.6 Å². The molecule has 8 nitrogen and oxygen atoms in total. The molecule has 0 atom stereocenters. The van der Waals surface area contributed by atoms with Gasteiger partial charge < -0.3 is 20.1 Å². The van der Waals surface area contributed by atoms with Gasteiger partial charge in [-0.05, 0) is 24.6 Å². The number of carbonyl (C=O) groups excluding carboxylic acids is 2. The number of aromatic nitrogens is 2. The zero-order valence-corrected chi connectivity index (χ0v) is 12.0. The van der Waals surface area contributed by atoms with Crippen molar-refractivity contribution in [1.29, 1.82) is 0 Å². The third-order valence-corrected chi connectivity index (χ3v) is 2.89. The normalized spacial score (nSPS) is 10.4. The van der Waals surface area contributed by atoms with E-state index in [4.69, 9.17) is 5.11 Å². The largest absolute Gasteiger partial charge is 0.480 e. The van der Waals surface area contributed by atoms with Gasteiger partial charge in [0.25, 0.3) is 0 Å². The smallest absolute Gasteiger partial charge is 0.322 e. The highest BCUT2D eigenvalue weighted by atomic mass is 16.4. The van der Waals surface area contributed by atoms with Crippen molar-refractivity contribution in [3.63, 3.8) is 0 Å². The number of carbonyl (C=O) groups is 3. The van der Waals surface area contributed by atoms with Crippen LogP contribution in [0, 0.1) is 6.92 Å². The van der Waals surface area contributed by atoms with Crippen molar-refractivity contribution < 1.29 is 19.5 Å². The van der Waals surface area contributed by atoms with Crippen molar-refractivity contribution in [2.24, 2.45) is 0 Å². The second kappa shape index (κ2) is 6.70. The first-order valence-corrected chi connectivity index (χ1v) is 6.63. The first kappa shape index (κ1) is 15.5. The Morgan fingerprint density at radius 1 is 1.23 bits per heavy atom. The molecule has 0 aliphatic rings. The lowest BCUT2D eigenvalue weighted by atomic mass is 10.3. The maximum absolute atomic E-state index is 11.7. The van der Waals surface area contributed by atoms with Crippen LogP contribution in [0.5, 0.6) is 0 Å². The molecule has 0 fully saturated rings. The molecule has 0 saturated heterocycles. The fraction of sp³-hybridized carbons (Fsp3) is 0.286. The van der Waals surface area contributed by atoms with Gasteiger partial charge in [0.2, 0.25) is 11.8 Å². The quantitative estimate of drug-likeness (QED) is 0.666. The van der Waals surface area contributed by atoms with Crippen LogP contribution in [0.1, 0.15) is 11.3 Å². The second-order valence-corrected chi connectivity index (χ2v) is 4.83. The molecule has 116 valence electrons. The summed E-state index contributed by atoms with van der Waals surface area (Å²) in [7, 11) is 0. The molecule has 2 heterocycles. The number of imidazole rings is 1. The topological polar surface area (TPSA) is 113 Å². The van der Waals surface area contributed by atoms with E-state index >= 15 is 0 Å². The molecular weight excluding hydrogens is 288 g/mol. The van der Waals surface area contributed by atoms with Gasteiger partial charge >= 0.3 is 5.97 Å². The minimum atomic E-state index is -1.14. The first-order valence-electron chi connectivity index (χ1n) is 6.63. The summed E-state index contributed by atoms with van der Waals surface area (Å²) in [6, 6.07) is 3.84. The van der Waals surface area contributed by atoms with Crippen molar-refractivity contribution in [3.05, 3.63) is 35.8 Å². The van der Waals surface area contributed by atoms with Gasteiger partial charge in [-0.3, -0.25) is 14.4 Å². The lowest BCUT2D eigenvalue weighted by molar-refractivity contribution is -0.137. The number of aryl methyl sites for hydroxylation is 1. The number of rotatable bonds is 6. The number of aliphatic carboxylic acids is 1. The summed E-state index contributed by atoms with van der Waals surface area (Å²) >= 11 is 0. The van der Waals surface area contributed by atoms with Gasteiger partial charge in [-0.1, -0.05) is 0 Å². The molecule has 0 unspecified atom stereocenters. The third-order valence-electron chi connectivity index (χ3n) is 2.89. The van der Waals surface area contributed by atoms with Crippen molar-refractivity contribution in [1.82, 2.24) is 20.0 Å². The number of pyridine rings is 1. The molecule has 0 aliphatic carbocycles. The van der Waals surface area contributed by atoms with Crippen LogP contribution in [0.4, 0.5) is 0 Å². The van der Waals surface area contributed by atoms with Crippen LogP contribution in [0.25, 0.3) is 5.65 Å². The van der Waals surface area contributed by atoms with E-state index in [-0.39, 0.29) is 18.9 Å². The maximum Gasteiger partial charge on any atom is 0.322 e. The molecule has 0 radical (unpaired) electrons. The Kier molecular flexibility index (Phi) is 4.72. The number of hydrogen-bond donors (Lipinski definition) is 3. The van der Waals surface area contributed by atoms with Gasteiger partial charge in [0.15, 0.2) is 0 Å². The minimum absolute atomic E-state index is 0.0485. The summed E-state index contributed by atoms with van der Waals surface area (Å²) in [6.07, 6.45) is 3.66. The van der Waals surface area contributed by atoms with E-state index in [9.17, 15) is 14.4 Å². The Hall–Kier alpha value is -2.90. The van der Waals surface area contributed by atoms with E-state index in [1.54, 1.807) is 6.20 Å². The average molecular weight is 304 g/mol. The Balaban J connectivity index is 1.85. The predicted octanol–water partition coefficient (Wildman–Crippen LogP) is -0.498. The van der Waals surface area contributed by atoms with Gasteiger partial charge in [0.05, 0.1) is 18.7 Å². The molecule has 2 amide bonds. The summed E-state index contributed by atoms with van der Waals surface area (Å²) in [4.78, 5) is 37.6. The van der Waals surface area contributed by atoms with Gasteiger partial charge in [-0.15, -0.1) is 0 Å². The fourth-order valence-electron chi connectivity index (χ4n) is 1.86. The highest BCUT2D eigenvalue weighted by Gasteiger charge is 2.10. The van der Waals surface area contributed by atoms with E-state index < -0.39 is 18.4 Å². The zero-order valence-electron chi connectivity index (χ0n) is 12.0. The van der Waals surface area contributed by atoms with Crippen molar-refractivity contribution in [3.8, 4) is 0 Å². The number of nitrogens with one attached hydrogen (secondary N) is 2. The predicted molar refractivity (Wildman–Crippen MR) is 77.3 cm³/mol. The first-order chi connectivity index (χ1) is 10.4. The lowest BCUT2D eigenvalue weighted by Crippen LogP contribution is -2.39. The number of carboxylic acids is 1. The summed E-state index contributed by atoms with van der Waals surface area (Å²) in [5.74, 6) is -2.05. The molecule has 3 N–H and O–H groups in total. The average Bonchev–Trinajstić information content (AvgIpc) is 2.84. The molecule has 2 aromatic heterocycles. The SMILES string of the molecule is Cc1ccn2cc(CC(=O)NCC(=O)NCC(=O)O)nc2c1. The van der Waals surface area contributed by atoms with E-state index in [1.165, 1.54) is 0 Å². The van der Waals surface area contributed by atoms with Gasteiger partial charge in [0, 0.05) is 12.4 Å². The van der Waals surface area contributed by atoms with Crippen LogP contribution >= 0.6 is 0 Å². The molecule has 2 rings (SSSR count). The van der Waals surface area contributed by atoms with Crippen molar-refractivity contribution in [2.45, 2.75) is 13.3 Å². The summed E-state index contributed by atoms with van der Waals surface area (Å²) in [5.41, 5.74) is 2.42. The molecule has 0 saturated carbocycles. The number of fused-ring (bicyclic) bond motifs is 1. The van der Waals surface area contributed by atoms with E-state index in [2.05, 4.69) is 15.6 Å². The van der Waals surface area contributed by atoms with Crippen molar-refractivity contribution >= 4 is 23.4 Å². The molecule has 0 aliphatic heterocycles. The summed E-state index contributed by atoms with van der Waals surface area (Å²) in [5, 5.41) is 13.0. The van der Waals surface area contributed by atoms with Gasteiger partial charge in [-0.25, -0.2) is 4.98 Å². The Morgan fingerprint density at radius 3 is 2.68 bits per heavy atom.